The Kier molecular flexibility index (Phi) is 3.84. The van der Waals surface area contributed by atoms with Crippen molar-refractivity contribution < 1.29 is 4.79 Å². The highest BCUT2D eigenvalue weighted by molar-refractivity contribution is 5.88. The molecular weight excluding hydrogens is 314 g/mol. The Bertz CT molecular complexity index is 1010. The topological polar surface area (TPSA) is 66.1 Å². The van der Waals surface area contributed by atoms with Crippen LogP contribution in [0.4, 0.5) is 0 Å². The van der Waals surface area contributed by atoms with Gasteiger partial charge in [0.25, 0.3) is 5.56 Å². The zero-order valence-electron chi connectivity index (χ0n) is 14.0. The monoisotopic (exact) mass is 333 g/mol. The Balaban J connectivity index is 1.66. The highest BCUT2D eigenvalue weighted by Crippen LogP contribution is 2.36. The number of H-pyrrole nitrogens is 1. The molecule has 4 rings (SSSR count). The first-order chi connectivity index (χ1) is 12.2. The van der Waals surface area contributed by atoms with Crippen LogP contribution in [0.25, 0.3) is 10.8 Å². The van der Waals surface area contributed by atoms with E-state index in [2.05, 4.69) is 29.3 Å². The molecule has 0 aliphatic carbocycles. The van der Waals surface area contributed by atoms with Crippen LogP contribution >= 0.6 is 0 Å². The number of fused-ring (bicyclic) bond motifs is 2. The number of aromatic nitrogens is 2. The lowest BCUT2D eigenvalue weighted by molar-refractivity contribution is -0.133. The van der Waals surface area contributed by atoms with Crippen molar-refractivity contribution in [2.24, 2.45) is 0 Å². The second-order valence-electron chi connectivity index (χ2n) is 6.37. The molecule has 5 nitrogen and oxygen atoms in total. The van der Waals surface area contributed by atoms with Gasteiger partial charge in [0.2, 0.25) is 5.91 Å². The van der Waals surface area contributed by atoms with Crippen LogP contribution in [0.3, 0.4) is 0 Å². The third-order valence-electron chi connectivity index (χ3n) is 4.93. The van der Waals surface area contributed by atoms with E-state index in [-0.39, 0.29) is 23.9 Å². The van der Waals surface area contributed by atoms with Crippen LogP contribution in [0, 0.1) is 0 Å². The summed E-state index contributed by atoms with van der Waals surface area (Å²) in [5, 5.41) is 7.94. The molecule has 1 aliphatic heterocycles. The fraction of sp³-hybridized carbons (Fsp3) is 0.250. The molecule has 2 aromatic carbocycles. The number of nitrogens with one attached hydrogen (secondary N) is 1. The fourth-order valence-electron chi connectivity index (χ4n) is 3.72. The van der Waals surface area contributed by atoms with Crippen LogP contribution in [-0.2, 0) is 17.8 Å². The lowest BCUT2D eigenvalue weighted by Gasteiger charge is -2.24. The van der Waals surface area contributed by atoms with Gasteiger partial charge in [-0.2, -0.15) is 5.10 Å². The summed E-state index contributed by atoms with van der Waals surface area (Å²) in [6.07, 6.45) is 1.06. The largest absolute Gasteiger partial charge is 0.331 e. The zero-order valence-corrected chi connectivity index (χ0v) is 14.0. The number of hydrogen-bond donors (Lipinski definition) is 1. The molecule has 5 heteroatoms. The molecule has 0 spiro atoms. The van der Waals surface area contributed by atoms with Crippen molar-refractivity contribution in [3.05, 3.63) is 75.7 Å². The van der Waals surface area contributed by atoms with Crippen molar-refractivity contribution in [1.29, 1.82) is 0 Å². The molecule has 25 heavy (non-hydrogen) atoms. The molecule has 0 saturated carbocycles. The zero-order chi connectivity index (χ0) is 17.4. The molecule has 0 radical (unpaired) electrons. The van der Waals surface area contributed by atoms with Crippen LogP contribution < -0.4 is 5.56 Å². The maximum absolute atomic E-state index is 13.0. The Morgan fingerprint density at radius 3 is 2.68 bits per heavy atom. The van der Waals surface area contributed by atoms with Crippen LogP contribution in [0.2, 0.25) is 0 Å². The van der Waals surface area contributed by atoms with Gasteiger partial charge in [-0.05, 0) is 23.6 Å². The van der Waals surface area contributed by atoms with Gasteiger partial charge in [-0.1, -0.05) is 49.4 Å². The standard InChI is InChI=1S/C20H19N3O2/c1-2-18-14-8-4-3-7-13(14)12-23(18)19(24)11-17-15-9-5-6-10-16(15)20(25)22-21-17/h3-10,18H,2,11-12H2,1H3,(H,22,25). The molecule has 2 heterocycles. The molecule has 0 fully saturated rings. The van der Waals surface area contributed by atoms with E-state index < -0.39 is 0 Å². The summed E-state index contributed by atoms with van der Waals surface area (Å²) in [6, 6.07) is 15.6. The minimum absolute atomic E-state index is 0.0350. The van der Waals surface area contributed by atoms with Gasteiger partial charge in [-0.3, -0.25) is 9.59 Å². The molecule has 3 aromatic rings. The second-order valence-corrected chi connectivity index (χ2v) is 6.37. The van der Waals surface area contributed by atoms with Gasteiger partial charge in [0, 0.05) is 11.9 Å². The van der Waals surface area contributed by atoms with Gasteiger partial charge < -0.3 is 4.90 Å². The van der Waals surface area contributed by atoms with Crippen LogP contribution in [-0.4, -0.2) is 21.0 Å². The predicted molar refractivity (Wildman–Crippen MR) is 96.1 cm³/mol. The smallest absolute Gasteiger partial charge is 0.272 e. The Hall–Kier alpha value is -2.95. The van der Waals surface area contributed by atoms with E-state index in [4.69, 9.17) is 0 Å². The average molecular weight is 333 g/mol. The lowest BCUT2D eigenvalue weighted by Crippen LogP contribution is -2.31. The third kappa shape index (κ3) is 2.61. The summed E-state index contributed by atoms with van der Waals surface area (Å²) in [5.74, 6) is 0.0350. The van der Waals surface area contributed by atoms with Gasteiger partial charge in [0.1, 0.15) is 0 Å². The van der Waals surface area contributed by atoms with Crippen LogP contribution in [0.15, 0.2) is 53.3 Å². The van der Waals surface area contributed by atoms with Crippen molar-refractivity contribution in [2.45, 2.75) is 32.4 Å². The Morgan fingerprint density at radius 2 is 1.88 bits per heavy atom. The maximum atomic E-state index is 13.0. The number of carbonyl (C=O) groups is 1. The molecule has 1 amide bonds. The summed E-state index contributed by atoms with van der Waals surface area (Å²) in [5.41, 5.74) is 2.83. The van der Waals surface area contributed by atoms with E-state index in [0.29, 0.717) is 17.6 Å². The van der Waals surface area contributed by atoms with Crippen LogP contribution in [0.5, 0.6) is 0 Å². The summed E-state index contributed by atoms with van der Waals surface area (Å²) in [7, 11) is 0. The number of aromatic amines is 1. The third-order valence-corrected chi connectivity index (χ3v) is 4.93. The first-order valence-electron chi connectivity index (χ1n) is 8.52. The van der Waals surface area contributed by atoms with E-state index in [1.807, 2.05) is 35.2 Å². The summed E-state index contributed by atoms with van der Waals surface area (Å²) < 4.78 is 0. The van der Waals surface area contributed by atoms with Gasteiger partial charge in [0.05, 0.1) is 23.5 Å². The number of benzene rings is 2. The molecule has 126 valence electrons. The molecule has 1 unspecified atom stereocenters. The normalized spacial score (nSPS) is 16.2. The first-order valence-corrected chi connectivity index (χ1v) is 8.52. The molecule has 1 aromatic heterocycles. The lowest BCUT2D eigenvalue weighted by atomic mass is 10.0. The number of amides is 1. The summed E-state index contributed by atoms with van der Waals surface area (Å²) in [4.78, 5) is 26.8. The average Bonchev–Trinajstić information content (AvgIpc) is 3.03. The number of nitrogens with zero attached hydrogens (tertiary/aromatic N) is 2. The van der Waals surface area contributed by atoms with Crippen molar-refractivity contribution in [1.82, 2.24) is 15.1 Å². The minimum atomic E-state index is -0.230. The quantitative estimate of drug-likeness (QED) is 0.801. The van der Waals surface area contributed by atoms with Crippen molar-refractivity contribution >= 4 is 16.7 Å². The summed E-state index contributed by atoms with van der Waals surface area (Å²) >= 11 is 0. The molecule has 1 N–H and O–H groups in total. The van der Waals surface area contributed by atoms with E-state index in [1.165, 1.54) is 11.1 Å². The highest BCUT2D eigenvalue weighted by Gasteiger charge is 2.32. The first kappa shape index (κ1) is 15.6. The summed E-state index contributed by atoms with van der Waals surface area (Å²) in [6.45, 7) is 2.73. The fourth-order valence-corrected chi connectivity index (χ4v) is 3.72. The van der Waals surface area contributed by atoms with Gasteiger partial charge in [-0.15, -0.1) is 0 Å². The van der Waals surface area contributed by atoms with Crippen molar-refractivity contribution in [2.75, 3.05) is 0 Å². The number of carbonyl (C=O) groups excluding carboxylic acids is 1. The number of rotatable bonds is 3. The van der Waals surface area contributed by atoms with Gasteiger partial charge in [0.15, 0.2) is 0 Å². The Labute approximate surface area is 145 Å². The van der Waals surface area contributed by atoms with Gasteiger partial charge in [-0.25, -0.2) is 5.10 Å². The predicted octanol–water partition coefficient (Wildman–Crippen LogP) is 2.96. The van der Waals surface area contributed by atoms with Crippen molar-refractivity contribution in [3.63, 3.8) is 0 Å². The Morgan fingerprint density at radius 1 is 1.16 bits per heavy atom. The van der Waals surface area contributed by atoms with Crippen LogP contribution in [0.1, 0.15) is 36.2 Å². The highest BCUT2D eigenvalue weighted by atomic mass is 16.2. The van der Waals surface area contributed by atoms with Gasteiger partial charge >= 0.3 is 0 Å². The number of hydrogen-bond acceptors (Lipinski definition) is 3. The molecule has 1 aliphatic rings. The minimum Gasteiger partial charge on any atom is -0.331 e. The van der Waals surface area contributed by atoms with E-state index >= 15 is 0 Å². The van der Waals surface area contributed by atoms with Crippen molar-refractivity contribution in [3.8, 4) is 0 Å². The second kappa shape index (κ2) is 6.16. The molecule has 0 bridgehead atoms. The van der Waals surface area contributed by atoms with E-state index in [0.717, 1.165) is 11.8 Å². The molecule has 0 saturated heterocycles. The van der Waals surface area contributed by atoms with E-state index in [1.54, 1.807) is 6.07 Å². The maximum Gasteiger partial charge on any atom is 0.272 e. The van der Waals surface area contributed by atoms with E-state index in [9.17, 15) is 9.59 Å². The SMILES string of the molecule is CCC1c2ccccc2CN1C(=O)Cc1n[nH]c(=O)c2ccccc12. The molecular formula is C20H19N3O2. The molecule has 1 atom stereocenters.